The van der Waals surface area contributed by atoms with E-state index >= 15 is 0 Å². The van der Waals surface area contributed by atoms with Gasteiger partial charge in [-0.2, -0.15) is 0 Å². The van der Waals surface area contributed by atoms with Gasteiger partial charge in [-0.05, 0) is 0 Å². The second kappa shape index (κ2) is 50.4. The van der Waals surface area contributed by atoms with Crippen LogP contribution in [0.4, 0.5) is 0 Å². The van der Waals surface area contributed by atoms with Crippen molar-refractivity contribution >= 4 is 37.7 Å². The third kappa shape index (κ3) is 31.3. The van der Waals surface area contributed by atoms with Gasteiger partial charge in [-0.1, -0.05) is 0 Å². The van der Waals surface area contributed by atoms with Crippen LogP contribution in [0.1, 0.15) is 0 Å². The first-order valence-electron chi connectivity index (χ1n) is 0.136. The first-order chi connectivity index (χ1) is 1.00. The van der Waals surface area contributed by atoms with Gasteiger partial charge in [-0.3, -0.25) is 0 Å². The molecule has 0 aromatic rings. The first kappa shape index (κ1) is 38.9. The molecule has 0 aliphatic rings. The predicted octanol–water partition coefficient (Wildman–Crippen LogP) is -0.888. The molecule has 0 fully saturated rings. The van der Waals surface area contributed by atoms with Crippen LogP contribution >= 0.6 is 0 Å². The quantitative estimate of drug-likeness (QED) is 0.466. The molecule has 0 aliphatic carbocycles. The molecule has 0 unspecified atom stereocenters. The molecule has 0 bridgehead atoms. The van der Waals surface area contributed by atoms with Crippen molar-refractivity contribution in [3.8, 4) is 0 Å². The van der Waals surface area contributed by atoms with Gasteiger partial charge in [0.05, 0.1) is 0 Å². The van der Waals surface area contributed by atoms with Crippen LogP contribution in [0.5, 0.6) is 0 Å². The van der Waals surface area contributed by atoms with E-state index in [1.54, 1.807) is 0 Å². The van der Waals surface area contributed by atoms with Crippen LogP contribution in [0.25, 0.3) is 0 Å². The Hall–Kier alpha value is 2.51. The van der Waals surface area contributed by atoms with E-state index in [2.05, 4.69) is 15.7 Å². The summed E-state index contributed by atoms with van der Waals surface area (Å²) in [5.41, 5.74) is 0. The third-order valence-electron chi connectivity index (χ3n) is 0. The van der Waals surface area contributed by atoms with E-state index in [-0.39, 0.29) is 71.3 Å². The Balaban J connectivity index is -0.000000000833. The van der Waals surface area contributed by atoms with Gasteiger partial charge in [-0.15, -0.1) is 0 Å². The van der Waals surface area contributed by atoms with Crippen molar-refractivity contribution in [2.75, 3.05) is 0 Å². The Morgan fingerprint density at radius 1 is 1.00 bits per heavy atom. The molecule has 6 heteroatoms. The summed E-state index contributed by atoms with van der Waals surface area (Å²) in [7, 11) is 0. The molecule has 1 nitrogen and oxygen atoms in total. The molecule has 0 N–H and O–H groups in total. The Kier molecular flexibility index (Phi) is 327. The molecule has 0 saturated heterocycles. The van der Waals surface area contributed by atoms with Crippen molar-refractivity contribution in [3.05, 3.63) is 0 Å². The van der Waals surface area contributed by atoms with E-state index in [4.69, 9.17) is 3.87 Å². The van der Waals surface area contributed by atoms with Crippen LogP contribution in [0.15, 0.2) is 0 Å². The van der Waals surface area contributed by atoms with Crippen molar-refractivity contribution < 1.29 is 53.1 Å². The Labute approximate surface area is 89.7 Å². The summed E-state index contributed by atoms with van der Waals surface area (Å²) >= 11 is 2.31. The molecular weight excluding hydrogens is 202 g/mol. The molecule has 34 valence electrons. The van der Waals surface area contributed by atoms with Crippen LogP contribution < -0.4 is 0 Å². The Morgan fingerprint density at radius 2 is 1.00 bits per heavy atom. The molecule has 0 atom stereocenters. The van der Waals surface area contributed by atoms with Gasteiger partial charge in [-0.25, -0.2) is 0 Å². The van der Waals surface area contributed by atoms with Gasteiger partial charge in [0.2, 0.25) is 0 Å². The van der Waals surface area contributed by atoms with Crippen molar-refractivity contribution in [1.29, 1.82) is 0 Å². The maximum absolute atomic E-state index is 7.94. The molecule has 0 spiro atoms. The zero-order chi connectivity index (χ0) is 2.00. The van der Waals surface area contributed by atoms with Gasteiger partial charge >= 0.3 is 19.5 Å². The van der Waals surface area contributed by atoms with Gasteiger partial charge in [0.1, 0.15) is 0 Å². The van der Waals surface area contributed by atoms with Crippen LogP contribution in [0.2, 0.25) is 0 Å². The van der Waals surface area contributed by atoms with Crippen molar-refractivity contribution in [2.24, 2.45) is 0 Å². The first-order valence-corrected chi connectivity index (χ1v) is 0.561. The van der Waals surface area contributed by atoms with Gasteiger partial charge in [0.15, 0.2) is 0 Å². The van der Waals surface area contributed by atoms with E-state index in [9.17, 15) is 0 Å². The normalized spacial score (nSPS) is 0.833. The monoisotopic (exact) mass is 202 g/mol. The fourth-order valence-electron chi connectivity index (χ4n) is 0. The molecule has 0 heterocycles. The zero-order valence-electron chi connectivity index (χ0n) is 3.44. The molecular formula is CoLi2MnNiO. The molecule has 6 heavy (non-hydrogen) atoms. The minimum absolute atomic E-state index is 0. The standard InChI is InChI=1S/Co.2Li.Mn.Ni.O. The second-order valence-corrected chi connectivity index (χ2v) is 0. The Morgan fingerprint density at radius 3 is 1.00 bits per heavy atom. The van der Waals surface area contributed by atoms with E-state index in [1.165, 1.54) is 0 Å². The van der Waals surface area contributed by atoms with Crippen molar-refractivity contribution in [2.45, 2.75) is 0 Å². The van der Waals surface area contributed by atoms with Gasteiger partial charge in [0, 0.05) is 71.3 Å². The second-order valence-electron chi connectivity index (χ2n) is 0. The SMILES string of the molecule is [Li].[Li].[Mn].[Ni].[O]=[Co]. The van der Waals surface area contributed by atoms with E-state index in [0.29, 0.717) is 0 Å². The number of rotatable bonds is 0. The fourth-order valence-corrected chi connectivity index (χ4v) is 0. The summed E-state index contributed by atoms with van der Waals surface area (Å²) in [6.45, 7) is 0. The summed E-state index contributed by atoms with van der Waals surface area (Å²) in [6, 6.07) is 0. The average Bonchev–Trinajstić information content (AvgIpc) is 1.00. The predicted molar refractivity (Wildman–Crippen MR) is 12.2 cm³/mol. The van der Waals surface area contributed by atoms with Crippen LogP contribution in [0.3, 0.4) is 0 Å². The average molecular weight is 202 g/mol. The summed E-state index contributed by atoms with van der Waals surface area (Å²) in [5, 5.41) is 0. The van der Waals surface area contributed by atoms with Gasteiger partial charge < -0.3 is 0 Å². The number of hydrogen-bond acceptors (Lipinski definition) is 1. The fraction of sp³-hybridized carbons (Fsp3) is 0. The molecule has 3 radical (unpaired) electrons. The summed E-state index contributed by atoms with van der Waals surface area (Å²) < 4.78 is 7.94. The zero-order valence-corrected chi connectivity index (χ0v) is 6.64. The number of hydrogen-bond donors (Lipinski definition) is 0. The van der Waals surface area contributed by atoms with E-state index in [0.717, 1.165) is 0 Å². The third-order valence-corrected chi connectivity index (χ3v) is 0. The maximum atomic E-state index is 7.94. The van der Waals surface area contributed by atoms with Crippen molar-refractivity contribution in [1.82, 2.24) is 0 Å². The summed E-state index contributed by atoms with van der Waals surface area (Å²) in [4.78, 5) is 0. The Bertz CT molecular complexity index is 13.5. The molecule has 0 amide bonds. The van der Waals surface area contributed by atoms with E-state index in [1.807, 2.05) is 0 Å². The molecule has 0 aromatic heterocycles. The molecule has 0 aromatic carbocycles. The molecule has 0 aliphatic heterocycles. The van der Waals surface area contributed by atoms with Crippen LogP contribution in [-0.4, -0.2) is 37.7 Å². The summed E-state index contributed by atoms with van der Waals surface area (Å²) in [5.74, 6) is 0. The van der Waals surface area contributed by atoms with Crippen LogP contribution in [0, 0.1) is 0 Å². The van der Waals surface area contributed by atoms with Gasteiger partial charge in [0.25, 0.3) is 0 Å². The summed E-state index contributed by atoms with van der Waals surface area (Å²) in [6.07, 6.45) is 0. The minimum atomic E-state index is 0. The molecule has 0 saturated carbocycles. The van der Waals surface area contributed by atoms with E-state index < -0.39 is 0 Å². The van der Waals surface area contributed by atoms with Crippen LogP contribution in [-0.2, 0) is 53.1 Å². The van der Waals surface area contributed by atoms with Crippen molar-refractivity contribution in [3.63, 3.8) is 0 Å². The molecule has 0 rings (SSSR count). The topological polar surface area (TPSA) is 17.1 Å².